The number of halogens is 1. The van der Waals surface area contributed by atoms with Crippen molar-refractivity contribution < 1.29 is 4.74 Å². The highest BCUT2D eigenvalue weighted by atomic mass is 127. The Labute approximate surface area is 218 Å². The lowest BCUT2D eigenvalue weighted by molar-refractivity contribution is 0.0532. The number of benzene rings is 1. The number of likely N-dealkylation sites (tertiary alicyclic amines) is 1. The summed E-state index contributed by atoms with van der Waals surface area (Å²) in [5.74, 6) is 0.937. The summed E-state index contributed by atoms with van der Waals surface area (Å²) in [5, 5.41) is 11.3. The molecule has 0 radical (unpaired) electrons. The highest BCUT2D eigenvalue weighted by Gasteiger charge is 2.35. The van der Waals surface area contributed by atoms with Crippen LogP contribution in [-0.4, -0.2) is 68.4 Å². The van der Waals surface area contributed by atoms with E-state index in [1.807, 2.05) is 7.05 Å². The molecule has 1 aromatic rings. The minimum absolute atomic E-state index is 0. The lowest BCUT2D eigenvalue weighted by atomic mass is 9.94. The van der Waals surface area contributed by atoms with Crippen molar-refractivity contribution >= 4 is 29.9 Å². The van der Waals surface area contributed by atoms with E-state index in [4.69, 9.17) is 4.74 Å². The van der Waals surface area contributed by atoms with Crippen LogP contribution in [0.15, 0.2) is 35.3 Å². The molecule has 1 heterocycles. The minimum Gasteiger partial charge on any atom is -0.377 e. The second-order valence-electron chi connectivity index (χ2n) is 9.87. The van der Waals surface area contributed by atoms with Crippen LogP contribution in [0.3, 0.4) is 0 Å². The monoisotopic (exact) mass is 571 g/mol. The second kappa shape index (κ2) is 14.5. The molecular formula is C26H46IN5O. The molecule has 1 atom stereocenters. The van der Waals surface area contributed by atoms with Crippen molar-refractivity contribution in [2.75, 3.05) is 39.8 Å². The number of hydrogen-bond donors (Lipinski definition) is 3. The number of nitrogens with zero attached hydrogens (tertiary/aromatic N) is 2. The SMILES string of the molecule is CN=C(NCC1(NC(C)c2ccccc2)CCCC1)NC1CCN(CCOC(C)C)CC1.I. The predicted octanol–water partition coefficient (Wildman–Crippen LogP) is 4.32. The summed E-state index contributed by atoms with van der Waals surface area (Å²) < 4.78 is 5.71. The number of aliphatic imine (C=N–C) groups is 1. The molecule has 0 spiro atoms. The maximum absolute atomic E-state index is 5.71. The van der Waals surface area contributed by atoms with Crippen molar-refractivity contribution in [3.63, 3.8) is 0 Å². The Kier molecular flexibility index (Phi) is 12.4. The second-order valence-corrected chi connectivity index (χ2v) is 9.87. The molecular weight excluding hydrogens is 525 g/mol. The summed E-state index contributed by atoms with van der Waals surface area (Å²) >= 11 is 0. The summed E-state index contributed by atoms with van der Waals surface area (Å²) in [6.45, 7) is 11.5. The van der Waals surface area contributed by atoms with Gasteiger partial charge in [-0.15, -0.1) is 24.0 Å². The van der Waals surface area contributed by atoms with Crippen molar-refractivity contribution in [2.24, 2.45) is 4.99 Å². The van der Waals surface area contributed by atoms with Crippen molar-refractivity contribution in [3.8, 4) is 0 Å². The molecule has 6 nitrogen and oxygen atoms in total. The summed E-state index contributed by atoms with van der Waals surface area (Å²) in [4.78, 5) is 7.05. The van der Waals surface area contributed by atoms with E-state index in [1.165, 1.54) is 31.2 Å². The van der Waals surface area contributed by atoms with Crippen LogP contribution in [0.1, 0.15) is 70.9 Å². The lowest BCUT2D eigenvalue weighted by Gasteiger charge is -2.36. The molecule has 1 aliphatic carbocycles. The Morgan fingerprint density at radius 1 is 1.12 bits per heavy atom. The van der Waals surface area contributed by atoms with Gasteiger partial charge in [-0.2, -0.15) is 0 Å². The topological polar surface area (TPSA) is 60.9 Å². The van der Waals surface area contributed by atoms with Crippen molar-refractivity contribution in [1.29, 1.82) is 0 Å². The van der Waals surface area contributed by atoms with Crippen molar-refractivity contribution in [1.82, 2.24) is 20.9 Å². The molecule has 188 valence electrons. The fraction of sp³-hybridized carbons (Fsp3) is 0.731. The first-order chi connectivity index (χ1) is 15.5. The van der Waals surface area contributed by atoms with E-state index in [9.17, 15) is 0 Å². The molecule has 33 heavy (non-hydrogen) atoms. The van der Waals surface area contributed by atoms with E-state index in [2.05, 4.69) is 76.9 Å². The third-order valence-electron chi connectivity index (χ3n) is 6.99. The number of rotatable bonds is 10. The average Bonchev–Trinajstić information content (AvgIpc) is 3.26. The standard InChI is InChI=1S/C26H45N5O.HI/c1-21(2)32-19-18-31-16-12-24(13-17-31)29-25(27-4)28-20-26(14-8-9-15-26)30-22(3)23-10-6-5-7-11-23;/h5-7,10-11,21-22,24,30H,8-9,12-20H2,1-4H3,(H2,27,28,29);1H. The van der Waals surface area contributed by atoms with E-state index < -0.39 is 0 Å². The smallest absolute Gasteiger partial charge is 0.191 e. The molecule has 1 saturated heterocycles. The van der Waals surface area contributed by atoms with Gasteiger partial charge in [0.1, 0.15) is 0 Å². The molecule has 2 fully saturated rings. The molecule has 3 rings (SSSR count). The average molecular weight is 572 g/mol. The van der Waals surface area contributed by atoms with Crippen LogP contribution < -0.4 is 16.0 Å². The molecule has 0 aromatic heterocycles. The van der Waals surface area contributed by atoms with Gasteiger partial charge in [-0.25, -0.2) is 0 Å². The third-order valence-corrected chi connectivity index (χ3v) is 6.99. The van der Waals surface area contributed by atoms with Crippen LogP contribution >= 0.6 is 24.0 Å². The Bertz CT molecular complexity index is 685. The third kappa shape index (κ3) is 9.34. The van der Waals surface area contributed by atoms with E-state index in [0.717, 1.165) is 51.6 Å². The fourth-order valence-electron chi connectivity index (χ4n) is 5.07. The number of piperidine rings is 1. The summed E-state index contributed by atoms with van der Waals surface area (Å²) in [7, 11) is 1.88. The van der Waals surface area contributed by atoms with Gasteiger partial charge in [0.25, 0.3) is 0 Å². The maximum Gasteiger partial charge on any atom is 0.191 e. The predicted molar refractivity (Wildman–Crippen MR) is 150 cm³/mol. The highest BCUT2D eigenvalue weighted by molar-refractivity contribution is 14.0. The van der Waals surface area contributed by atoms with Crippen LogP contribution in [0, 0.1) is 0 Å². The lowest BCUT2D eigenvalue weighted by Crippen LogP contribution is -2.56. The molecule has 1 aromatic carbocycles. The van der Waals surface area contributed by atoms with Gasteiger partial charge in [-0.05, 0) is 52.0 Å². The first-order valence-electron chi connectivity index (χ1n) is 12.6. The van der Waals surface area contributed by atoms with Gasteiger partial charge in [0.05, 0.1) is 12.7 Å². The quantitative estimate of drug-likeness (QED) is 0.222. The molecule has 0 amide bonds. The normalized spacial score (nSPS) is 20.5. The van der Waals surface area contributed by atoms with Gasteiger partial charge >= 0.3 is 0 Å². The van der Waals surface area contributed by atoms with Crippen LogP contribution in [0.4, 0.5) is 0 Å². The molecule has 0 bridgehead atoms. The van der Waals surface area contributed by atoms with Crippen molar-refractivity contribution in [2.45, 2.75) is 83.0 Å². The van der Waals surface area contributed by atoms with E-state index >= 15 is 0 Å². The molecule has 7 heteroatoms. The van der Waals surface area contributed by atoms with E-state index in [0.29, 0.717) is 18.2 Å². The first-order valence-corrected chi connectivity index (χ1v) is 12.6. The zero-order valence-electron chi connectivity index (χ0n) is 21.1. The molecule has 3 N–H and O–H groups in total. The van der Waals surface area contributed by atoms with Gasteiger partial charge in [0.2, 0.25) is 0 Å². The molecule has 1 aliphatic heterocycles. The minimum atomic E-state index is 0. The highest BCUT2D eigenvalue weighted by Crippen LogP contribution is 2.31. The van der Waals surface area contributed by atoms with Crippen LogP contribution in [0.25, 0.3) is 0 Å². The van der Waals surface area contributed by atoms with Crippen molar-refractivity contribution in [3.05, 3.63) is 35.9 Å². The molecule has 1 saturated carbocycles. The Hall–Kier alpha value is -0.900. The van der Waals surface area contributed by atoms with Gasteiger partial charge in [-0.1, -0.05) is 43.2 Å². The number of ether oxygens (including phenoxy) is 1. The first kappa shape index (κ1) is 28.3. The van der Waals surface area contributed by atoms with Crippen LogP contribution in [0.5, 0.6) is 0 Å². The van der Waals surface area contributed by atoms with E-state index in [1.54, 1.807) is 0 Å². The maximum atomic E-state index is 5.71. The zero-order valence-corrected chi connectivity index (χ0v) is 23.4. The Morgan fingerprint density at radius 3 is 2.39 bits per heavy atom. The molecule has 1 unspecified atom stereocenters. The summed E-state index contributed by atoms with van der Waals surface area (Å²) in [5.41, 5.74) is 1.49. The van der Waals surface area contributed by atoms with Gasteiger partial charge in [0.15, 0.2) is 5.96 Å². The Balaban J connectivity index is 0.00000385. The van der Waals surface area contributed by atoms with Crippen LogP contribution in [0.2, 0.25) is 0 Å². The summed E-state index contributed by atoms with van der Waals surface area (Å²) in [6.07, 6.45) is 7.63. The fourth-order valence-corrected chi connectivity index (χ4v) is 5.07. The van der Waals surface area contributed by atoms with Gasteiger partial charge < -0.3 is 25.6 Å². The largest absolute Gasteiger partial charge is 0.377 e. The van der Waals surface area contributed by atoms with E-state index in [-0.39, 0.29) is 29.5 Å². The van der Waals surface area contributed by atoms with Gasteiger partial charge in [-0.3, -0.25) is 4.99 Å². The molecule has 2 aliphatic rings. The number of hydrogen-bond acceptors (Lipinski definition) is 4. The number of guanidine groups is 1. The Morgan fingerprint density at radius 2 is 1.79 bits per heavy atom. The number of nitrogens with one attached hydrogen (secondary N) is 3. The summed E-state index contributed by atoms with van der Waals surface area (Å²) in [6, 6.07) is 11.6. The van der Waals surface area contributed by atoms with Crippen LogP contribution in [-0.2, 0) is 4.74 Å². The zero-order chi connectivity index (χ0) is 22.8. The van der Waals surface area contributed by atoms with Gasteiger partial charge in [0, 0.05) is 50.8 Å².